The normalized spacial score (nSPS) is 11.7. The van der Waals surface area contributed by atoms with Crippen LogP contribution in [0.25, 0.3) is 0 Å². The number of pyridine rings is 1. The van der Waals surface area contributed by atoms with Crippen LogP contribution in [0.15, 0.2) is 28.6 Å². The zero-order valence-electron chi connectivity index (χ0n) is 11.8. The van der Waals surface area contributed by atoms with Crippen molar-refractivity contribution in [2.75, 3.05) is 0 Å². The van der Waals surface area contributed by atoms with Gasteiger partial charge in [-0.3, -0.25) is 4.79 Å². The van der Waals surface area contributed by atoms with Crippen molar-refractivity contribution in [3.05, 3.63) is 34.7 Å². The molecule has 2 aromatic rings. The Morgan fingerprint density at radius 2 is 2.09 bits per heavy atom. The van der Waals surface area contributed by atoms with Crippen LogP contribution in [-0.4, -0.2) is 25.6 Å². The average Bonchev–Trinajstić information content (AvgIpc) is 2.78. The number of carboxylic acids is 1. The molecule has 0 spiro atoms. The third-order valence-electron chi connectivity index (χ3n) is 2.89. The standard InChI is InChI=1S/C13H11ClF3N3O2S/c1-7-5-19-12(20(7)3-2-10(21)22)23-11-9(14)4-8(6-18-11)13(15,16)17/h4-6H,2-3H2,1H3,(H,21,22). The number of rotatable bonds is 5. The molecule has 0 aliphatic carbocycles. The first kappa shape index (κ1) is 17.6. The highest BCUT2D eigenvalue weighted by molar-refractivity contribution is 7.99. The van der Waals surface area contributed by atoms with Crippen molar-refractivity contribution in [3.8, 4) is 0 Å². The lowest BCUT2D eigenvalue weighted by molar-refractivity contribution is -0.138. The first-order valence-electron chi connectivity index (χ1n) is 6.33. The zero-order chi connectivity index (χ0) is 17.2. The van der Waals surface area contributed by atoms with Crippen LogP contribution in [-0.2, 0) is 17.5 Å². The van der Waals surface area contributed by atoms with Crippen LogP contribution in [0.2, 0.25) is 5.02 Å². The molecule has 124 valence electrons. The number of nitrogens with zero attached hydrogens (tertiary/aromatic N) is 3. The van der Waals surface area contributed by atoms with Crippen molar-refractivity contribution in [1.29, 1.82) is 0 Å². The van der Waals surface area contributed by atoms with Crippen LogP contribution >= 0.6 is 23.4 Å². The van der Waals surface area contributed by atoms with Crippen molar-refractivity contribution in [1.82, 2.24) is 14.5 Å². The SMILES string of the molecule is Cc1cnc(Sc2ncc(C(F)(F)F)cc2Cl)n1CCC(=O)O. The van der Waals surface area contributed by atoms with Gasteiger partial charge in [0.15, 0.2) is 5.16 Å². The van der Waals surface area contributed by atoms with Crippen molar-refractivity contribution < 1.29 is 23.1 Å². The van der Waals surface area contributed by atoms with E-state index in [-0.39, 0.29) is 23.0 Å². The maximum absolute atomic E-state index is 12.6. The van der Waals surface area contributed by atoms with Crippen LogP contribution in [0.4, 0.5) is 13.2 Å². The summed E-state index contributed by atoms with van der Waals surface area (Å²) in [4.78, 5) is 18.5. The van der Waals surface area contributed by atoms with E-state index in [0.717, 1.165) is 23.5 Å². The minimum Gasteiger partial charge on any atom is -0.481 e. The highest BCUT2D eigenvalue weighted by atomic mass is 35.5. The monoisotopic (exact) mass is 365 g/mol. The van der Waals surface area contributed by atoms with Gasteiger partial charge >= 0.3 is 12.1 Å². The van der Waals surface area contributed by atoms with Crippen LogP contribution in [0.3, 0.4) is 0 Å². The second-order valence-electron chi connectivity index (χ2n) is 4.59. The molecular formula is C13H11ClF3N3O2S. The molecule has 0 saturated carbocycles. The third-order valence-corrected chi connectivity index (χ3v) is 4.32. The average molecular weight is 366 g/mol. The summed E-state index contributed by atoms with van der Waals surface area (Å²) >= 11 is 6.84. The molecular weight excluding hydrogens is 355 g/mol. The Morgan fingerprint density at radius 1 is 1.39 bits per heavy atom. The predicted octanol–water partition coefficient (Wildman–Crippen LogP) is 3.88. The van der Waals surface area contributed by atoms with Crippen LogP contribution in [0.5, 0.6) is 0 Å². The topological polar surface area (TPSA) is 68.0 Å². The molecule has 0 unspecified atom stereocenters. The van der Waals surface area contributed by atoms with Gasteiger partial charge in [-0.2, -0.15) is 13.2 Å². The van der Waals surface area contributed by atoms with Crippen molar-refractivity contribution in [3.63, 3.8) is 0 Å². The molecule has 0 aliphatic heterocycles. The second-order valence-corrected chi connectivity index (χ2v) is 5.95. The zero-order valence-corrected chi connectivity index (χ0v) is 13.3. The molecule has 0 bridgehead atoms. The van der Waals surface area contributed by atoms with Crippen LogP contribution in [0.1, 0.15) is 17.7 Å². The highest BCUT2D eigenvalue weighted by Gasteiger charge is 2.31. The number of aliphatic carboxylic acids is 1. The Labute approximate surface area is 138 Å². The predicted molar refractivity (Wildman–Crippen MR) is 77.6 cm³/mol. The molecule has 10 heteroatoms. The fraction of sp³-hybridized carbons (Fsp3) is 0.308. The lowest BCUT2D eigenvalue weighted by atomic mass is 10.3. The first-order valence-corrected chi connectivity index (χ1v) is 7.52. The van der Waals surface area contributed by atoms with Crippen LogP contribution < -0.4 is 0 Å². The number of imidazole rings is 1. The molecule has 0 fully saturated rings. The van der Waals surface area contributed by atoms with Gasteiger partial charge in [-0.05, 0) is 24.8 Å². The summed E-state index contributed by atoms with van der Waals surface area (Å²) < 4.78 is 39.4. The van der Waals surface area contributed by atoms with Crippen LogP contribution in [0, 0.1) is 6.92 Å². The Bertz CT molecular complexity index is 734. The Kier molecular flexibility index (Phi) is 5.20. The van der Waals surface area contributed by atoms with Gasteiger partial charge in [0.1, 0.15) is 5.03 Å². The lowest BCUT2D eigenvalue weighted by Crippen LogP contribution is -2.08. The largest absolute Gasteiger partial charge is 0.481 e. The molecule has 2 aromatic heterocycles. The quantitative estimate of drug-likeness (QED) is 0.870. The molecule has 0 aliphatic rings. The van der Waals surface area contributed by atoms with Gasteiger partial charge in [0.2, 0.25) is 0 Å². The molecule has 2 heterocycles. The number of aryl methyl sites for hydroxylation is 1. The third kappa shape index (κ3) is 4.38. The summed E-state index contributed by atoms with van der Waals surface area (Å²) in [6.45, 7) is 1.95. The van der Waals surface area contributed by atoms with Gasteiger partial charge in [-0.1, -0.05) is 11.6 Å². The Balaban J connectivity index is 2.24. The summed E-state index contributed by atoms with van der Waals surface area (Å²) in [5.74, 6) is -0.959. The molecule has 23 heavy (non-hydrogen) atoms. The molecule has 5 nitrogen and oxygen atoms in total. The smallest absolute Gasteiger partial charge is 0.417 e. The summed E-state index contributed by atoms with van der Waals surface area (Å²) in [6, 6.07) is 0.800. The number of hydrogen-bond donors (Lipinski definition) is 1. The summed E-state index contributed by atoms with van der Waals surface area (Å²) in [5, 5.41) is 9.19. The molecule has 0 atom stereocenters. The maximum atomic E-state index is 12.6. The number of aromatic nitrogens is 3. The van der Waals surface area contributed by atoms with E-state index < -0.39 is 17.7 Å². The lowest BCUT2D eigenvalue weighted by Gasteiger charge is -2.10. The molecule has 0 aromatic carbocycles. The number of alkyl halides is 3. The van der Waals surface area contributed by atoms with Gasteiger partial charge in [-0.15, -0.1) is 0 Å². The Hall–Kier alpha value is -1.74. The van der Waals surface area contributed by atoms with Crippen molar-refractivity contribution in [2.24, 2.45) is 0 Å². The molecule has 0 radical (unpaired) electrons. The van der Waals surface area contributed by atoms with E-state index in [4.69, 9.17) is 16.7 Å². The van der Waals surface area contributed by atoms with E-state index in [1.54, 1.807) is 17.7 Å². The number of hydrogen-bond acceptors (Lipinski definition) is 4. The van der Waals surface area contributed by atoms with Gasteiger partial charge in [-0.25, -0.2) is 9.97 Å². The summed E-state index contributed by atoms with van der Waals surface area (Å²) in [5.41, 5.74) is -0.200. The fourth-order valence-corrected chi connectivity index (χ4v) is 2.91. The summed E-state index contributed by atoms with van der Waals surface area (Å²) in [6.07, 6.45) is -2.37. The van der Waals surface area contributed by atoms with Crippen molar-refractivity contribution >= 4 is 29.3 Å². The van der Waals surface area contributed by atoms with Gasteiger partial charge in [0.05, 0.1) is 17.0 Å². The van der Waals surface area contributed by atoms with Gasteiger partial charge in [0, 0.05) is 24.6 Å². The maximum Gasteiger partial charge on any atom is 0.417 e. The molecule has 0 saturated heterocycles. The van der Waals surface area contributed by atoms with E-state index in [1.807, 2.05) is 0 Å². The van der Waals surface area contributed by atoms with E-state index in [0.29, 0.717) is 11.4 Å². The van der Waals surface area contributed by atoms with Gasteiger partial charge in [0.25, 0.3) is 0 Å². The Morgan fingerprint density at radius 3 is 2.65 bits per heavy atom. The molecule has 2 rings (SSSR count). The minimum atomic E-state index is -4.52. The second kappa shape index (κ2) is 6.79. The highest BCUT2D eigenvalue weighted by Crippen LogP contribution is 2.36. The number of carboxylic acid groups (broad SMARTS) is 1. The van der Waals surface area contributed by atoms with E-state index in [9.17, 15) is 18.0 Å². The fourth-order valence-electron chi connectivity index (χ4n) is 1.74. The van der Waals surface area contributed by atoms with Gasteiger partial charge < -0.3 is 9.67 Å². The minimum absolute atomic E-state index is 0.0983. The van der Waals surface area contributed by atoms with E-state index >= 15 is 0 Å². The number of carbonyl (C=O) groups is 1. The van der Waals surface area contributed by atoms with Crippen molar-refractivity contribution in [2.45, 2.75) is 36.2 Å². The number of halogens is 4. The first-order chi connectivity index (χ1) is 10.7. The molecule has 0 amide bonds. The van der Waals surface area contributed by atoms with E-state index in [1.165, 1.54) is 0 Å². The molecule has 1 N–H and O–H groups in total. The summed E-state index contributed by atoms with van der Waals surface area (Å²) in [7, 11) is 0. The van der Waals surface area contributed by atoms with E-state index in [2.05, 4.69) is 9.97 Å².